The van der Waals surface area contributed by atoms with Gasteiger partial charge in [0.15, 0.2) is 4.77 Å². The van der Waals surface area contributed by atoms with Gasteiger partial charge in [-0.3, -0.25) is 19.9 Å². The predicted octanol–water partition coefficient (Wildman–Crippen LogP) is 1.49. The van der Waals surface area contributed by atoms with E-state index < -0.39 is 10.5 Å². The highest BCUT2D eigenvalue weighted by Gasteiger charge is 2.12. The maximum atomic E-state index is 11.4. The van der Waals surface area contributed by atoms with Gasteiger partial charge in [0.2, 0.25) is 0 Å². The predicted molar refractivity (Wildman–Crippen MR) is 56.4 cm³/mol. The van der Waals surface area contributed by atoms with Crippen LogP contribution in [-0.2, 0) is 0 Å². The van der Waals surface area contributed by atoms with Crippen molar-refractivity contribution in [3.8, 4) is 0 Å². The molecule has 76 valence electrons. The molecule has 2 aromatic rings. The van der Waals surface area contributed by atoms with E-state index in [0.717, 1.165) is 0 Å². The minimum atomic E-state index is -0.562. The van der Waals surface area contributed by atoms with Gasteiger partial charge in [0.05, 0.1) is 10.3 Å². The van der Waals surface area contributed by atoms with Crippen LogP contribution in [0.4, 0.5) is 5.69 Å². The second kappa shape index (κ2) is 3.28. The molecule has 0 saturated carbocycles. The molecular formula is C8H5N3O3S. The smallest absolute Gasteiger partial charge is 0.293 e. The Labute approximate surface area is 87.7 Å². The SMILES string of the molecule is O=c1[nH]c(=S)[nH]c2c([N+](=O)[O-])cccc12. The Morgan fingerprint density at radius 3 is 2.73 bits per heavy atom. The lowest BCUT2D eigenvalue weighted by atomic mass is 10.2. The number of para-hydroxylation sites is 1. The summed E-state index contributed by atoms with van der Waals surface area (Å²) in [6.07, 6.45) is 0. The van der Waals surface area contributed by atoms with Crippen LogP contribution >= 0.6 is 12.2 Å². The average Bonchev–Trinajstić information content (AvgIpc) is 2.16. The molecule has 0 atom stereocenters. The van der Waals surface area contributed by atoms with Gasteiger partial charge in [-0.1, -0.05) is 6.07 Å². The van der Waals surface area contributed by atoms with Crippen molar-refractivity contribution in [2.75, 3.05) is 0 Å². The van der Waals surface area contributed by atoms with E-state index >= 15 is 0 Å². The summed E-state index contributed by atoms with van der Waals surface area (Å²) in [6, 6.07) is 4.26. The summed E-state index contributed by atoms with van der Waals surface area (Å²) in [6.45, 7) is 0. The van der Waals surface area contributed by atoms with Crippen LogP contribution in [0.15, 0.2) is 23.0 Å². The van der Waals surface area contributed by atoms with Gasteiger partial charge in [-0.05, 0) is 18.3 Å². The Hall–Kier alpha value is -2.02. The van der Waals surface area contributed by atoms with Crippen molar-refractivity contribution in [1.82, 2.24) is 9.97 Å². The highest BCUT2D eigenvalue weighted by atomic mass is 32.1. The number of nitrogens with one attached hydrogen (secondary N) is 2. The fourth-order valence-corrected chi connectivity index (χ4v) is 1.52. The van der Waals surface area contributed by atoms with Gasteiger partial charge in [-0.15, -0.1) is 0 Å². The van der Waals surface area contributed by atoms with Crippen LogP contribution in [-0.4, -0.2) is 14.9 Å². The summed E-state index contributed by atoms with van der Waals surface area (Å²) in [5, 5.41) is 10.9. The number of nitro benzene ring substituents is 1. The number of hydrogen-bond acceptors (Lipinski definition) is 4. The number of aromatic nitrogens is 2. The number of nitrogens with zero attached hydrogens (tertiary/aromatic N) is 1. The van der Waals surface area contributed by atoms with E-state index in [1.54, 1.807) is 0 Å². The molecule has 0 aliphatic rings. The molecule has 0 unspecified atom stereocenters. The highest BCUT2D eigenvalue weighted by Crippen LogP contribution is 2.19. The first-order valence-electron chi connectivity index (χ1n) is 3.99. The van der Waals surface area contributed by atoms with Crippen LogP contribution in [0.2, 0.25) is 0 Å². The second-order valence-corrected chi connectivity index (χ2v) is 3.27. The summed E-state index contributed by atoms with van der Waals surface area (Å²) in [4.78, 5) is 26.5. The van der Waals surface area contributed by atoms with Gasteiger partial charge >= 0.3 is 0 Å². The number of rotatable bonds is 1. The lowest BCUT2D eigenvalue weighted by molar-refractivity contribution is -0.383. The lowest BCUT2D eigenvalue weighted by Gasteiger charge is -1.97. The molecule has 0 saturated heterocycles. The van der Waals surface area contributed by atoms with E-state index in [9.17, 15) is 14.9 Å². The zero-order chi connectivity index (χ0) is 11.0. The van der Waals surface area contributed by atoms with Crippen molar-refractivity contribution < 1.29 is 4.92 Å². The van der Waals surface area contributed by atoms with Crippen LogP contribution in [0, 0.1) is 14.9 Å². The standard InChI is InChI=1S/C8H5N3O3S/c12-7-4-2-1-3-5(11(13)14)6(4)9-8(15)10-7/h1-3H,(H2,9,10,12,15). The molecule has 2 N–H and O–H groups in total. The minimum Gasteiger partial charge on any atom is -0.326 e. The second-order valence-electron chi connectivity index (χ2n) is 2.87. The van der Waals surface area contributed by atoms with Gasteiger partial charge < -0.3 is 4.98 Å². The summed E-state index contributed by atoms with van der Waals surface area (Å²) >= 11 is 4.74. The van der Waals surface area contributed by atoms with Gasteiger partial charge in [-0.25, -0.2) is 0 Å². The van der Waals surface area contributed by atoms with Crippen molar-refractivity contribution >= 4 is 28.8 Å². The third-order valence-corrected chi connectivity index (χ3v) is 2.15. The fraction of sp³-hybridized carbons (Fsp3) is 0. The molecule has 2 rings (SSSR count). The van der Waals surface area contributed by atoms with Crippen molar-refractivity contribution in [2.24, 2.45) is 0 Å². The summed E-state index contributed by atoms with van der Waals surface area (Å²) in [7, 11) is 0. The zero-order valence-corrected chi connectivity index (χ0v) is 8.13. The van der Waals surface area contributed by atoms with Crippen molar-refractivity contribution in [3.63, 3.8) is 0 Å². The van der Waals surface area contributed by atoms with E-state index in [4.69, 9.17) is 12.2 Å². The highest BCUT2D eigenvalue weighted by molar-refractivity contribution is 7.71. The number of fused-ring (bicyclic) bond motifs is 1. The molecule has 0 bridgehead atoms. The van der Waals surface area contributed by atoms with Crippen molar-refractivity contribution in [1.29, 1.82) is 0 Å². The number of hydrogen-bond donors (Lipinski definition) is 2. The summed E-state index contributed by atoms with van der Waals surface area (Å²) < 4.78 is 0.0711. The maximum absolute atomic E-state index is 11.4. The maximum Gasteiger partial charge on any atom is 0.293 e. The van der Waals surface area contributed by atoms with Crippen LogP contribution in [0.25, 0.3) is 10.9 Å². The van der Waals surface area contributed by atoms with Gasteiger partial charge in [0.1, 0.15) is 5.52 Å². The molecule has 0 radical (unpaired) electrons. The Balaban J connectivity index is 3.04. The molecule has 1 heterocycles. The molecule has 6 nitrogen and oxygen atoms in total. The Morgan fingerprint density at radius 2 is 2.07 bits per heavy atom. The molecule has 15 heavy (non-hydrogen) atoms. The van der Waals surface area contributed by atoms with Crippen LogP contribution < -0.4 is 5.56 Å². The largest absolute Gasteiger partial charge is 0.326 e. The van der Waals surface area contributed by atoms with Gasteiger partial charge in [0, 0.05) is 6.07 Å². The first-order chi connectivity index (χ1) is 7.09. The van der Waals surface area contributed by atoms with Gasteiger partial charge in [-0.2, -0.15) is 0 Å². The zero-order valence-electron chi connectivity index (χ0n) is 7.31. The molecule has 0 spiro atoms. The Bertz CT molecular complexity index is 658. The van der Waals surface area contributed by atoms with E-state index in [-0.39, 0.29) is 21.4 Å². The molecule has 7 heteroatoms. The summed E-state index contributed by atoms with van der Waals surface area (Å²) in [5.74, 6) is 0. The molecule has 0 amide bonds. The third-order valence-electron chi connectivity index (χ3n) is 1.95. The molecule has 1 aromatic carbocycles. The Morgan fingerprint density at radius 1 is 1.33 bits per heavy atom. The van der Waals surface area contributed by atoms with Crippen molar-refractivity contribution in [3.05, 3.63) is 43.4 Å². The van der Waals surface area contributed by atoms with E-state index in [2.05, 4.69) is 9.97 Å². The van der Waals surface area contributed by atoms with E-state index in [1.165, 1.54) is 18.2 Å². The van der Waals surface area contributed by atoms with Crippen LogP contribution in [0.5, 0.6) is 0 Å². The normalized spacial score (nSPS) is 10.4. The number of nitro groups is 1. The van der Waals surface area contributed by atoms with E-state index in [0.29, 0.717) is 0 Å². The third kappa shape index (κ3) is 1.52. The monoisotopic (exact) mass is 223 g/mol. The quantitative estimate of drug-likeness (QED) is 0.435. The first kappa shape index (κ1) is 9.53. The number of non-ortho nitro benzene ring substituents is 1. The number of H-pyrrole nitrogens is 2. The van der Waals surface area contributed by atoms with Crippen LogP contribution in [0.1, 0.15) is 0 Å². The van der Waals surface area contributed by atoms with Crippen LogP contribution in [0.3, 0.4) is 0 Å². The molecular weight excluding hydrogens is 218 g/mol. The fourth-order valence-electron chi connectivity index (χ4n) is 1.33. The molecule has 0 aliphatic carbocycles. The number of benzene rings is 1. The van der Waals surface area contributed by atoms with Gasteiger partial charge in [0.25, 0.3) is 11.2 Å². The Kier molecular flexibility index (Phi) is 2.09. The lowest BCUT2D eigenvalue weighted by Crippen LogP contribution is -2.08. The molecule has 1 aromatic heterocycles. The van der Waals surface area contributed by atoms with E-state index in [1.807, 2.05) is 0 Å². The minimum absolute atomic E-state index is 0.0711. The summed E-state index contributed by atoms with van der Waals surface area (Å²) in [5.41, 5.74) is -0.446. The topological polar surface area (TPSA) is 91.8 Å². The average molecular weight is 223 g/mol. The molecule has 0 fully saturated rings. The molecule has 0 aliphatic heterocycles. The first-order valence-corrected chi connectivity index (χ1v) is 4.40. The van der Waals surface area contributed by atoms with Crippen molar-refractivity contribution in [2.45, 2.75) is 0 Å². The number of aromatic amines is 2.